The summed E-state index contributed by atoms with van der Waals surface area (Å²) in [6.45, 7) is 6.41. The van der Waals surface area contributed by atoms with Gasteiger partial charge in [0.05, 0.1) is 19.2 Å². The third kappa shape index (κ3) is 29.7. The second-order valence-corrected chi connectivity index (χ2v) is 18.0. The SMILES string of the molecule is CCCCCCCCCCCCCCSCCC(CCSCCCCCCCCCCCCCC)(CC(=O)O)N(CCCn1ccnc1)CCC(=O)O. The Kier molecular flexibility index (Phi) is 34.3. The molecule has 0 radical (unpaired) electrons. The van der Waals surface area contributed by atoms with Crippen LogP contribution in [0, 0.1) is 0 Å². The molecular weight excluding hydrogens is 699 g/mol. The summed E-state index contributed by atoms with van der Waals surface area (Å²) in [5.74, 6) is 2.46. The van der Waals surface area contributed by atoms with Crippen molar-refractivity contribution in [3.8, 4) is 0 Å². The number of unbranched alkanes of at least 4 members (excludes halogenated alkanes) is 22. The van der Waals surface area contributed by atoms with Crippen LogP contribution in [-0.2, 0) is 16.1 Å². The number of imidazole rings is 1. The van der Waals surface area contributed by atoms with Gasteiger partial charge in [0, 0.05) is 37.6 Å². The smallest absolute Gasteiger partial charge is 0.305 e. The Balaban J connectivity index is 2.59. The molecule has 1 rings (SSSR count). The molecule has 0 aliphatic heterocycles. The van der Waals surface area contributed by atoms with E-state index < -0.39 is 17.5 Å². The normalized spacial score (nSPS) is 11.9. The first-order chi connectivity index (χ1) is 25.9. The molecule has 2 N–H and O–H groups in total. The van der Waals surface area contributed by atoms with Crippen molar-refractivity contribution in [3.05, 3.63) is 18.7 Å². The van der Waals surface area contributed by atoms with E-state index in [1.807, 2.05) is 40.6 Å². The summed E-state index contributed by atoms with van der Waals surface area (Å²) in [4.78, 5) is 30.7. The summed E-state index contributed by atoms with van der Waals surface area (Å²) in [7, 11) is 0. The Morgan fingerprint density at radius 1 is 0.585 bits per heavy atom. The van der Waals surface area contributed by atoms with Gasteiger partial charge >= 0.3 is 11.9 Å². The van der Waals surface area contributed by atoms with Gasteiger partial charge in [-0.1, -0.05) is 155 Å². The average molecular weight is 782 g/mol. The Bertz CT molecular complexity index is 915. The molecular formula is C44H83N3O4S2. The van der Waals surface area contributed by atoms with Crippen LogP contribution < -0.4 is 0 Å². The van der Waals surface area contributed by atoms with E-state index in [2.05, 4.69) is 23.7 Å². The van der Waals surface area contributed by atoms with Crippen LogP contribution in [0.4, 0.5) is 0 Å². The molecule has 53 heavy (non-hydrogen) atoms. The lowest BCUT2D eigenvalue weighted by atomic mass is 9.86. The van der Waals surface area contributed by atoms with E-state index in [0.717, 1.165) is 48.8 Å². The second kappa shape index (κ2) is 36.4. The molecule has 0 bridgehead atoms. The molecule has 9 heteroatoms. The van der Waals surface area contributed by atoms with Crippen LogP contribution in [0.25, 0.3) is 0 Å². The number of aliphatic carboxylic acids is 2. The maximum atomic E-state index is 12.5. The number of nitrogens with zero attached hydrogens (tertiary/aromatic N) is 3. The van der Waals surface area contributed by atoms with Gasteiger partial charge in [-0.3, -0.25) is 14.5 Å². The fraction of sp³-hybridized carbons (Fsp3) is 0.886. The molecule has 0 aliphatic carbocycles. The first kappa shape index (κ1) is 49.8. The van der Waals surface area contributed by atoms with Gasteiger partial charge in [0.15, 0.2) is 0 Å². The number of carboxylic acid groups (broad SMARTS) is 2. The number of thioether (sulfide) groups is 2. The van der Waals surface area contributed by atoms with Crippen LogP contribution in [0.5, 0.6) is 0 Å². The zero-order chi connectivity index (χ0) is 38.5. The van der Waals surface area contributed by atoms with Gasteiger partial charge in [0.1, 0.15) is 0 Å². The van der Waals surface area contributed by atoms with Gasteiger partial charge < -0.3 is 14.8 Å². The van der Waals surface area contributed by atoms with Crippen LogP contribution in [0.1, 0.15) is 200 Å². The molecule has 0 atom stereocenters. The van der Waals surface area contributed by atoms with Crippen molar-refractivity contribution in [2.24, 2.45) is 0 Å². The number of aromatic nitrogens is 2. The average Bonchev–Trinajstić information content (AvgIpc) is 3.66. The standard InChI is InChI=1S/C44H83N3O4S2/c1-3-5-7-9-11-13-15-17-19-21-23-25-36-52-38-29-44(40-43(50)51,47(34-28-42(48)49)33-27-32-46-35-31-45-41-46)30-39-53-37-26-24-22-20-18-16-14-12-10-8-6-4-2/h31,35,41H,3-30,32-34,36-40H2,1-2H3,(H,48,49)(H,50,51). The van der Waals surface area contributed by atoms with Crippen LogP contribution in [-0.4, -0.2) is 78.2 Å². The minimum absolute atomic E-state index is 0.0322. The minimum Gasteiger partial charge on any atom is -0.481 e. The molecule has 1 aromatic heterocycles. The largest absolute Gasteiger partial charge is 0.481 e. The maximum absolute atomic E-state index is 12.5. The molecule has 7 nitrogen and oxygen atoms in total. The lowest BCUT2D eigenvalue weighted by molar-refractivity contribution is -0.141. The van der Waals surface area contributed by atoms with E-state index in [0.29, 0.717) is 13.1 Å². The van der Waals surface area contributed by atoms with E-state index in [9.17, 15) is 19.8 Å². The molecule has 310 valence electrons. The summed E-state index contributed by atoms with van der Waals surface area (Å²) >= 11 is 3.92. The molecule has 0 aliphatic rings. The van der Waals surface area contributed by atoms with Gasteiger partial charge in [0.25, 0.3) is 0 Å². The third-order valence-electron chi connectivity index (χ3n) is 10.9. The predicted octanol–water partition coefficient (Wildman–Crippen LogP) is 12.9. The quantitative estimate of drug-likeness (QED) is 0.0633. The lowest BCUT2D eigenvalue weighted by Gasteiger charge is -2.44. The molecule has 0 aromatic carbocycles. The van der Waals surface area contributed by atoms with Crippen LogP contribution in [0.15, 0.2) is 18.7 Å². The van der Waals surface area contributed by atoms with E-state index in [-0.39, 0.29) is 12.8 Å². The topological polar surface area (TPSA) is 95.7 Å². The summed E-state index contributed by atoms with van der Waals surface area (Å²) in [6, 6.07) is 0. The zero-order valence-corrected chi connectivity index (χ0v) is 36.2. The summed E-state index contributed by atoms with van der Waals surface area (Å²) in [5, 5.41) is 19.9. The summed E-state index contributed by atoms with van der Waals surface area (Å²) in [5.41, 5.74) is -0.538. The second-order valence-electron chi connectivity index (χ2n) is 15.6. The molecule has 0 saturated carbocycles. The van der Waals surface area contributed by atoms with Gasteiger partial charge in [-0.05, 0) is 55.1 Å². The third-order valence-corrected chi connectivity index (χ3v) is 13.0. The minimum atomic E-state index is -0.823. The molecule has 0 saturated heterocycles. The predicted molar refractivity (Wildman–Crippen MR) is 232 cm³/mol. The highest BCUT2D eigenvalue weighted by Gasteiger charge is 2.38. The molecule has 0 spiro atoms. The monoisotopic (exact) mass is 782 g/mol. The van der Waals surface area contributed by atoms with E-state index in [1.165, 1.54) is 154 Å². The first-order valence-corrected chi connectivity index (χ1v) is 24.5. The van der Waals surface area contributed by atoms with Gasteiger partial charge in [-0.15, -0.1) is 0 Å². The van der Waals surface area contributed by atoms with E-state index in [4.69, 9.17) is 0 Å². The van der Waals surface area contributed by atoms with Crippen molar-refractivity contribution in [3.63, 3.8) is 0 Å². The Morgan fingerprint density at radius 2 is 1.02 bits per heavy atom. The number of hydrogen-bond acceptors (Lipinski definition) is 6. The van der Waals surface area contributed by atoms with Gasteiger partial charge in [-0.25, -0.2) is 4.98 Å². The fourth-order valence-corrected chi connectivity index (χ4v) is 9.78. The van der Waals surface area contributed by atoms with Crippen molar-refractivity contribution in [2.45, 2.75) is 212 Å². The molecule has 0 unspecified atom stereocenters. The number of hydrogen-bond donors (Lipinski definition) is 2. The van der Waals surface area contributed by atoms with Crippen LogP contribution in [0.2, 0.25) is 0 Å². The van der Waals surface area contributed by atoms with Crippen molar-refractivity contribution < 1.29 is 19.8 Å². The highest BCUT2D eigenvalue weighted by molar-refractivity contribution is 7.99. The van der Waals surface area contributed by atoms with E-state index >= 15 is 0 Å². The summed E-state index contributed by atoms with van der Waals surface area (Å²) in [6.07, 6.45) is 40.4. The Labute approximate surface area is 335 Å². The van der Waals surface area contributed by atoms with Crippen molar-refractivity contribution in [1.82, 2.24) is 14.5 Å². The van der Waals surface area contributed by atoms with Gasteiger partial charge in [-0.2, -0.15) is 23.5 Å². The summed E-state index contributed by atoms with van der Waals surface area (Å²) < 4.78 is 2.04. The number of carbonyl (C=O) groups is 2. The molecule has 0 amide bonds. The van der Waals surface area contributed by atoms with E-state index in [1.54, 1.807) is 6.20 Å². The number of rotatable bonds is 42. The molecule has 1 aromatic rings. The number of carboxylic acids is 2. The highest BCUT2D eigenvalue weighted by atomic mass is 32.2. The van der Waals surface area contributed by atoms with Crippen molar-refractivity contribution in [2.75, 3.05) is 36.1 Å². The number of aryl methyl sites for hydroxylation is 1. The highest BCUT2D eigenvalue weighted by Crippen LogP contribution is 2.33. The fourth-order valence-electron chi connectivity index (χ4n) is 7.51. The zero-order valence-electron chi connectivity index (χ0n) is 34.6. The Morgan fingerprint density at radius 3 is 1.40 bits per heavy atom. The first-order valence-electron chi connectivity index (χ1n) is 22.2. The lowest BCUT2D eigenvalue weighted by Crippen LogP contribution is -2.52. The van der Waals surface area contributed by atoms with Crippen LogP contribution in [0.3, 0.4) is 0 Å². The maximum Gasteiger partial charge on any atom is 0.305 e. The Hall–Kier alpha value is -1.19. The molecule has 1 heterocycles. The van der Waals surface area contributed by atoms with Crippen molar-refractivity contribution in [1.29, 1.82) is 0 Å². The van der Waals surface area contributed by atoms with Crippen LogP contribution >= 0.6 is 23.5 Å². The van der Waals surface area contributed by atoms with Crippen molar-refractivity contribution >= 4 is 35.5 Å². The molecule has 0 fully saturated rings. The van der Waals surface area contributed by atoms with Gasteiger partial charge in [0.2, 0.25) is 0 Å².